The Hall–Kier alpha value is -3.08. The summed E-state index contributed by atoms with van der Waals surface area (Å²) in [6, 6.07) is 8.08. The van der Waals surface area contributed by atoms with Crippen LogP contribution in [0.2, 0.25) is 0 Å². The zero-order valence-electron chi connectivity index (χ0n) is 20.8. The van der Waals surface area contributed by atoms with Crippen LogP contribution in [0, 0.1) is 25.7 Å². The topological polar surface area (TPSA) is 99.8 Å². The summed E-state index contributed by atoms with van der Waals surface area (Å²) in [5.74, 6) is 0.656. The Kier molecular flexibility index (Phi) is 6.34. The highest BCUT2D eigenvalue weighted by Crippen LogP contribution is 2.50. The Morgan fingerprint density at radius 1 is 1.24 bits per heavy atom. The van der Waals surface area contributed by atoms with Crippen molar-refractivity contribution in [1.29, 1.82) is 0 Å². The molecule has 10 heteroatoms. The quantitative estimate of drug-likeness (QED) is 0.356. The lowest BCUT2D eigenvalue weighted by atomic mass is 10.1. The van der Waals surface area contributed by atoms with E-state index in [0.717, 1.165) is 32.4 Å². The van der Waals surface area contributed by atoms with Crippen molar-refractivity contribution in [2.75, 3.05) is 19.7 Å². The first-order chi connectivity index (χ1) is 17.9. The molecule has 4 heterocycles. The molecule has 37 heavy (non-hydrogen) atoms. The van der Waals surface area contributed by atoms with Crippen LogP contribution in [0.15, 0.2) is 35.8 Å². The lowest BCUT2D eigenvalue weighted by molar-refractivity contribution is 0.0690. The van der Waals surface area contributed by atoms with Crippen molar-refractivity contribution in [3.63, 3.8) is 0 Å². The number of hydrogen-bond donors (Lipinski definition) is 2. The van der Waals surface area contributed by atoms with Gasteiger partial charge in [-0.3, -0.25) is 14.0 Å². The third-order valence-electron chi connectivity index (χ3n) is 7.39. The summed E-state index contributed by atoms with van der Waals surface area (Å²) in [4.78, 5) is 39.9. The molecular weight excluding hydrogens is 506 g/mol. The molecule has 1 saturated carbocycles. The van der Waals surface area contributed by atoms with Crippen molar-refractivity contribution < 1.29 is 14.7 Å². The summed E-state index contributed by atoms with van der Waals surface area (Å²) >= 11 is 3.03. The SMILES string of the molecule is Cc1cccc(-c2sc(CCCO)nc2C(=O)N2C[C@H]3C[C@H]3[C@H]2CNC(=O)c2c(C)nc3sccn23)c1. The predicted molar refractivity (Wildman–Crippen MR) is 144 cm³/mol. The molecule has 2 N–H and O–H groups in total. The number of rotatable bonds is 8. The number of carbonyl (C=O) groups excluding carboxylic acids is 2. The molecule has 2 aliphatic rings. The fourth-order valence-electron chi connectivity index (χ4n) is 5.48. The normalized spacial score (nSPS) is 20.4. The van der Waals surface area contributed by atoms with Gasteiger partial charge in [0.15, 0.2) is 4.96 Å². The molecule has 3 aromatic heterocycles. The van der Waals surface area contributed by atoms with E-state index in [4.69, 9.17) is 4.98 Å². The molecule has 6 rings (SSSR count). The minimum Gasteiger partial charge on any atom is -0.396 e. The second-order valence-electron chi connectivity index (χ2n) is 9.98. The van der Waals surface area contributed by atoms with Gasteiger partial charge in [-0.15, -0.1) is 22.7 Å². The number of aryl methyl sites for hydroxylation is 3. The van der Waals surface area contributed by atoms with Crippen molar-refractivity contribution >= 4 is 39.4 Å². The Morgan fingerprint density at radius 3 is 2.92 bits per heavy atom. The molecule has 2 amide bonds. The van der Waals surface area contributed by atoms with Gasteiger partial charge in [0, 0.05) is 37.7 Å². The molecule has 0 bridgehead atoms. The molecule has 0 radical (unpaired) electrons. The number of benzene rings is 1. The lowest BCUT2D eigenvalue weighted by Gasteiger charge is -2.27. The zero-order valence-corrected chi connectivity index (χ0v) is 22.4. The number of piperidine rings is 1. The van der Waals surface area contributed by atoms with Gasteiger partial charge in [0.25, 0.3) is 11.8 Å². The maximum absolute atomic E-state index is 14.0. The molecule has 1 aliphatic carbocycles. The highest BCUT2D eigenvalue weighted by atomic mass is 32.1. The largest absolute Gasteiger partial charge is 0.396 e. The first-order valence-electron chi connectivity index (χ1n) is 12.6. The molecule has 1 saturated heterocycles. The molecule has 1 aliphatic heterocycles. The van der Waals surface area contributed by atoms with Gasteiger partial charge in [0.1, 0.15) is 11.4 Å². The second-order valence-corrected chi connectivity index (χ2v) is 11.9. The summed E-state index contributed by atoms with van der Waals surface area (Å²) in [5, 5.41) is 15.2. The molecule has 192 valence electrons. The average molecular weight is 536 g/mol. The number of fused-ring (bicyclic) bond motifs is 2. The number of hydrogen-bond acceptors (Lipinski definition) is 7. The molecule has 2 fully saturated rings. The van der Waals surface area contributed by atoms with Crippen LogP contribution in [0.5, 0.6) is 0 Å². The van der Waals surface area contributed by atoms with E-state index >= 15 is 0 Å². The van der Waals surface area contributed by atoms with Crippen molar-refractivity contribution in [3.05, 3.63) is 63.5 Å². The van der Waals surface area contributed by atoms with Crippen LogP contribution in [0.4, 0.5) is 0 Å². The third-order valence-corrected chi connectivity index (χ3v) is 9.31. The molecule has 8 nitrogen and oxygen atoms in total. The molecule has 0 unspecified atom stereocenters. The monoisotopic (exact) mass is 535 g/mol. The maximum atomic E-state index is 14.0. The van der Waals surface area contributed by atoms with E-state index < -0.39 is 0 Å². The molecular formula is C27H29N5O3S2. The number of thiazole rings is 2. The highest BCUT2D eigenvalue weighted by Gasteiger charge is 2.54. The van der Waals surface area contributed by atoms with Crippen molar-refractivity contribution in [2.45, 2.75) is 39.2 Å². The van der Waals surface area contributed by atoms with Crippen LogP contribution in [-0.2, 0) is 6.42 Å². The van der Waals surface area contributed by atoms with E-state index in [0.29, 0.717) is 54.8 Å². The Bertz CT molecular complexity index is 1490. The van der Waals surface area contributed by atoms with Crippen LogP contribution < -0.4 is 5.32 Å². The number of imidazole rings is 1. The van der Waals surface area contributed by atoms with Crippen LogP contribution in [0.3, 0.4) is 0 Å². The Morgan fingerprint density at radius 2 is 2.11 bits per heavy atom. The first-order valence-corrected chi connectivity index (χ1v) is 14.3. The van der Waals surface area contributed by atoms with Crippen LogP contribution in [0.1, 0.15) is 50.1 Å². The molecule has 3 atom stereocenters. The van der Waals surface area contributed by atoms with Gasteiger partial charge in [-0.05, 0) is 44.1 Å². The second kappa shape index (κ2) is 9.66. The number of aliphatic hydroxyl groups excluding tert-OH is 1. The van der Waals surface area contributed by atoms with Gasteiger partial charge in [0.2, 0.25) is 0 Å². The standard InChI is InChI=1S/C27H29N5O3S2/c1-15-5-3-6-17(11-15)24-22(30-21(37-24)7-4-9-33)26(35)32-14-18-12-19(18)20(32)13-28-25(34)23-16(2)29-27-31(23)8-10-36-27/h3,5-6,8,10-11,18-20,33H,4,7,9,12-14H2,1-2H3,(H,28,34)/t18-,19-,20-/m1/s1. The lowest BCUT2D eigenvalue weighted by Crippen LogP contribution is -2.46. The fourth-order valence-corrected chi connectivity index (χ4v) is 7.33. The van der Waals surface area contributed by atoms with E-state index in [2.05, 4.69) is 16.4 Å². The number of likely N-dealkylation sites (tertiary alicyclic amines) is 1. The number of carbonyl (C=O) groups is 2. The van der Waals surface area contributed by atoms with E-state index in [1.54, 1.807) is 0 Å². The minimum absolute atomic E-state index is 0.0550. The molecule has 0 spiro atoms. The average Bonchev–Trinajstić information content (AvgIpc) is 3.23. The predicted octanol–water partition coefficient (Wildman–Crippen LogP) is 3.95. The first kappa shape index (κ1) is 24.3. The number of aromatic nitrogens is 3. The highest BCUT2D eigenvalue weighted by molar-refractivity contribution is 7.15. The summed E-state index contributed by atoms with van der Waals surface area (Å²) in [5.41, 5.74) is 3.84. The van der Waals surface area contributed by atoms with Crippen LogP contribution in [0.25, 0.3) is 15.4 Å². The molecule has 4 aromatic rings. The van der Waals surface area contributed by atoms with E-state index in [1.165, 1.54) is 22.7 Å². The van der Waals surface area contributed by atoms with Gasteiger partial charge in [-0.25, -0.2) is 9.97 Å². The number of nitrogens with one attached hydrogen (secondary N) is 1. The molecule has 1 aromatic carbocycles. The van der Waals surface area contributed by atoms with Gasteiger partial charge >= 0.3 is 0 Å². The van der Waals surface area contributed by atoms with Crippen molar-refractivity contribution in [3.8, 4) is 10.4 Å². The summed E-state index contributed by atoms with van der Waals surface area (Å²) in [6.07, 6.45) is 4.21. The van der Waals surface area contributed by atoms with Crippen LogP contribution in [-0.4, -0.2) is 61.9 Å². The van der Waals surface area contributed by atoms with Crippen molar-refractivity contribution in [1.82, 2.24) is 24.6 Å². The Balaban J connectivity index is 1.25. The van der Waals surface area contributed by atoms with Gasteiger partial charge in [-0.2, -0.15) is 0 Å². The minimum atomic E-state index is -0.166. The van der Waals surface area contributed by atoms with Gasteiger partial charge in [-0.1, -0.05) is 29.8 Å². The van der Waals surface area contributed by atoms with E-state index in [1.807, 2.05) is 52.9 Å². The number of aliphatic hydroxyl groups is 1. The van der Waals surface area contributed by atoms with Crippen molar-refractivity contribution in [2.24, 2.45) is 11.8 Å². The fraction of sp³-hybridized carbons (Fsp3) is 0.407. The number of nitrogens with zero attached hydrogens (tertiary/aromatic N) is 4. The summed E-state index contributed by atoms with van der Waals surface area (Å²) < 4.78 is 1.82. The van der Waals surface area contributed by atoms with E-state index in [-0.39, 0.29) is 24.5 Å². The van der Waals surface area contributed by atoms with Gasteiger partial charge < -0.3 is 15.3 Å². The van der Waals surface area contributed by atoms with E-state index in [9.17, 15) is 14.7 Å². The third kappa shape index (κ3) is 4.47. The smallest absolute Gasteiger partial charge is 0.274 e. The maximum Gasteiger partial charge on any atom is 0.274 e. The Labute approximate surface area is 223 Å². The van der Waals surface area contributed by atoms with Crippen LogP contribution >= 0.6 is 22.7 Å². The van der Waals surface area contributed by atoms with Gasteiger partial charge in [0.05, 0.1) is 21.6 Å². The summed E-state index contributed by atoms with van der Waals surface area (Å²) in [6.45, 7) is 5.08. The number of amides is 2. The summed E-state index contributed by atoms with van der Waals surface area (Å²) in [7, 11) is 0. The zero-order chi connectivity index (χ0) is 25.7.